The molecule has 0 aromatic heterocycles. The zero-order valence-electron chi connectivity index (χ0n) is 7.93. The van der Waals surface area contributed by atoms with Gasteiger partial charge in [-0.1, -0.05) is 5.92 Å². The van der Waals surface area contributed by atoms with Crippen molar-refractivity contribution >= 4 is 17.7 Å². The largest absolute Gasteiger partial charge is 0.355 e. The van der Waals surface area contributed by atoms with Crippen molar-refractivity contribution in [3.8, 4) is 12.3 Å². The van der Waals surface area contributed by atoms with E-state index in [0.29, 0.717) is 18.7 Å². The van der Waals surface area contributed by atoms with Gasteiger partial charge in [0.2, 0.25) is 5.91 Å². The molecule has 0 fully saturated rings. The second-order valence-corrected chi connectivity index (χ2v) is 3.57. The molecule has 0 heterocycles. The van der Waals surface area contributed by atoms with Crippen LogP contribution in [0.25, 0.3) is 0 Å². The number of terminal acetylenes is 1. The van der Waals surface area contributed by atoms with E-state index in [4.69, 9.17) is 6.42 Å². The van der Waals surface area contributed by atoms with Crippen LogP contribution in [0.2, 0.25) is 0 Å². The van der Waals surface area contributed by atoms with Crippen LogP contribution in [0.15, 0.2) is 0 Å². The van der Waals surface area contributed by atoms with Gasteiger partial charge in [0.1, 0.15) is 0 Å². The second-order valence-electron chi connectivity index (χ2n) is 2.46. The molecule has 2 N–H and O–H groups in total. The Labute approximate surface area is 84.0 Å². The third-order valence-electron chi connectivity index (χ3n) is 1.36. The van der Waals surface area contributed by atoms with Gasteiger partial charge in [-0.2, -0.15) is 0 Å². The summed E-state index contributed by atoms with van der Waals surface area (Å²) in [6.45, 7) is 1.43. The molecule has 3 nitrogen and oxygen atoms in total. The summed E-state index contributed by atoms with van der Waals surface area (Å²) in [4.78, 5) is 11.0. The Bertz CT molecular complexity index is 177. The van der Waals surface area contributed by atoms with Gasteiger partial charge in [0.05, 0.1) is 5.75 Å². The van der Waals surface area contributed by atoms with E-state index in [1.54, 1.807) is 11.8 Å². The Morgan fingerprint density at radius 1 is 1.54 bits per heavy atom. The Kier molecular flexibility index (Phi) is 8.95. The maximum atomic E-state index is 11.0. The van der Waals surface area contributed by atoms with Crippen LogP contribution in [0.1, 0.15) is 6.42 Å². The average Bonchev–Trinajstić information content (AvgIpc) is 2.14. The van der Waals surface area contributed by atoms with Crippen LogP contribution in [0, 0.1) is 12.3 Å². The first-order chi connectivity index (χ1) is 6.31. The van der Waals surface area contributed by atoms with Gasteiger partial charge in [0.15, 0.2) is 0 Å². The summed E-state index contributed by atoms with van der Waals surface area (Å²) < 4.78 is 0. The molecular formula is C9H16N2OS. The van der Waals surface area contributed by atoms with Crippen molar-refractivity contribution in [3.63, 3.8) is 0 Å². The normalized spacial score (nSPS) is 9.23. The molecule has 0 aliphatic rings. The highest BCUT2D eigenvalue weighted by atomic mass is 32.2. The van der Waals surface area contributed by atoms with Crippen LogP contribution in [0.4, 0.5) is 0 Å². The topological polar surface area (TPSA) is 41.1 Å². The quantitative estimate of drug-likeness (QED) is 0.452. The Balaban J connectivity index is 3.13. The molecule has 0 unspecified atom stereocenters. The van der Waals surface area contributed by atoms with Crippen LogP contribution in [-0.4, -0.2) is 37.6 Å². The maximum Gasteiger partial charge on any atom is 0.221 e. The fourth-order valence-corrected chi connectivity index (χ4v) is 1.23. The highest BCUT2D eigenvalue weighted by Crippen LogP contribution is 1.95. The third kappa shape index (κ3) is 9.25. The van der Waals surface area contributed by atoms with Gasteiger partial charge in [-0.25, -0.2) is 0 Å². The van der Waals surface area contributed by atoms with Gasteiger partial charge in [-0.05, 0) is 7.05 Å². The molecule has 0 saturated heterocycles. The van der Waals surface area contributed by atoms with Gasteiger partial charge in [-0.3, -0.25) is 4.79 Å². The van der Waals surface area contributed by atoms with Crippen LogP contribution in [-0.2, 0) is 4.79 Å². The third-order valence-corrected chi connectivity index (χ3v) is 2.22. The van der Waals surface area contributed by atoms with Gasteiger partial charge < -0.3 is 10.6 Å². The fraction of sp³-hybridized carbons (Fsp3) is 0.667. The molecule has 0 atom stereocenters. The van der Waals surface area contributed by atoms with E-state index >= 15 is 0 Å². The molecule has 0 aromatic rings. The van der Waals surface area contributed by atoms with E-state index in [1.807, 2.05) is 7.05 Å². The van der Waals surface area contributed by atoms with E-state index in [1.165, 1.54) is 0 Å². The number of hydrogen-bond acceptors (Lipinski definition) is 3. The molecule has 4 heteroatoms. The number of rotatable bonds is 7. The smallest absolute Gasteiger partial charge is 0.221 e. The molecule has 0 bridgehead atoms. The second kappa shape index (κ2) is 9.43. The minimum absolute atomic E-state index is 0.0932. The van der Waals surface area contributed by atoms with E-state index in [2.05, 4.69) is 16.6 Å². The molecule has 0 aliphatic heterocycles. The first-order valence-corrected chi connectivity index (χ1v) is 5.39. The van der Waals surface area contributed by atoms with Gasteiger partial charge in [0.25, 0.3) is 0 Å². The first kappa shape index (κ1) is 12.3. The minimum Gasteiger partial charge on any atom is -0.355 e. The summed E-state index contributed by atoms with van der Waals surface area (Å²) in [5, 5.41) is 5.72. The summed E-state index contributed by atoms with van der Waals surface area (Å²) in [6.07, 6.45) is 5.61. The van der Waals surface area contributed by atoms with E-state index in [0.717, 1.165) is 12.3 Å². The Hall–Kier alpha value is -0.660. The molecule has 0 saturated carbocycles. The van der Waals surface area contributed by atoms with Gasteiger partial charge in [-0.15, -0.1) is 18.2 Å². The predicted octanol–water partition coefficient (Wildman–Crippen LogP) is 0.0785. The van der Waals surface area contributed by atoms with Crippen molar-refractivity contribution in [3.05, 3.63) is 0 Å². The molecule has 0 aliphatic carbocycles. The molecule has 1 amide bonds. The predicted molar refractivity (Wildman–Crippen MR) is 57.7 cm³/mol. The maximum absolute atomic E-state index is 11.0. The van der Waals surface area contributed by atoms with Gasteiger partial charge >= 0.3 is 0 Å². The zero-order chi connectivity index (χ0) is 9.94. The highest BCUT2D eigenvalue weighted by molar-refractivity contribution is 7.99. The summed E-state index contributed by atoms with van der Waals surface area (Å²) in [5.74, 6) is 4.22. The Morgan fingerprint density at radius 3 is 2.92 bits per heavy atom. The van der Waals surface area contributed by atoms with Crippen molar-refractivity contribution in [1.29, 1.82) is 0 Å². The summed E-state index contributed by atoms with van der Waals surface area (Å²) in [7, 11) is 1.83. The minimum atomic E-state index is 0.0932. The lowest BCUT2D eigenvalue weighted by atomic mass is 10.4. The molecule has 0 spiro atoms. The number of hydrogen-bond donors (Lipinski definition) is 2. The molecule has 13 heavy (non-hydrogen) atoms. The molecule has 0 radical (unpaired) electrons. The Morgan fingerprint density at radius 2 is 2.31 bits per heavy atom. The molecule has 0 aromatic carbocycles. The van der Waals surface area contributed by atoms with Crippen LogP contribution in [0.5, 0.6) is 0 Å². The lowest BCUT2D eigenvalue weighted by molar-refractivity contribution is -0.120. The number of carbonyl (C=O) groups is 1. The van der Waals surface area contributed by atoms with Crippen molar-refractivity contribution in [2.75, 3.05) is 31.6 Å². The summed E-state index contributed by atoms with van der Waals surface area (Å²) in [5.41, 5.74) is 0. The van der Waals surface area contributed by atoms with E-state index in [-0.39, 0.29) is 5.91 Å². The zero-order valence-corrected chi connectivity index (χ0v) is 8.75. The van der Waals surface area contributed by atoms with Crippen molar-refractivity contribution in [2.24, 2.45) is 0 Å². The first-order valence-electron chi connectivity index (χ1n) is 4.23. The fourth-order valence-electron chi connectivity index (χ4n) is 0.721. The molecule has 74 valence electrons. The number of carbonyl (C=O) groups excluding carboxylic acids is 1. The highest BCUT2D eigenvalue weighted by Gasteiger charge is 1.97. The number of nitrogens with one attached hydrogen (secondary N) is 2. The van der Waals surface area contributed by atoms with E-state index < -0.39 is 0 Å². The summed E-state index contributed by atoms with van der Waals surface area (Å²) >= 11 is 1.65. The average molecular weight is 200 g/mol. The summed E-state index contributed by atoms with van der Waals surface area (Å²) in [6, 6.07) is 0. The van der Waals surface area contributed by atoms with Crippen LogP contribution >= 0.6 is 11.8 Å². The number of thioether (sulfide) groups is 1. The standard InChI is InChI=1S/C9H16N2OS/c1-3-7-13-8-6-11-9(12)4-5-10-2/h1,10H,4-8H2,2H3,(H,11,12). The molecular weight excluding hydrogens is 184 g/mol. The lowest BCUT2D eigenvalue weighted by Gasteiger charge is -2.03. The molecule has 0 rings (SSSR count). The van der Waals surface area contributed by atoms with E-state index in [9.17, 15) is 4.79 Å². The number of amides is 1. The van der Waals surface area contributed by atoms with Crippen LogP contribution in [0.3, 0.4) is 0 Å². The van der Waals surface area contributed by atoms with Crippen molar-refractivity contribution < 1.29 is 4.79 Å². The van der Waals surface area contributed by atoms with Crippen molar-refractivity contribution in [2.45, 2.75) is 6.42 Å². The SMILES string of the molecule is C#CCSCCNC(=O)CCNC. The van der Waals surface area contributed by atoms with Crippen molar-refractivity contribution in [1.82, 2.24) is 10.6 Å². The monoisotopic (exact) mass is 200 g/mol. The van der Waals surface area contributed by atoms with Crippen LogP contribution < -0.4 is 10.6 Å². The lowest BCUT2D eigenvalue weighted by Crippen LogP contribution is -2.28. The van der Waals surface area contributed by atoms with Gasteiger partial charge in [0, 0.05) is 25.3 Å².